The first kappa shape index (κ1) is 11.8. The molecule has 0 aromatic heterocycles. The van der Waals surface area contributed by atoms with Crippen molar-refractivity contribution >= 4 is 6.98 Å². The van der Waals surface area contributed by atoms with Crippen LogP contribution in [0.2, 0.25) is 0 Å². The third-order valence-electron chi connectivity index (χ3n) is 1.65. The van der Waals surface area contributed by atoms with Crippen LogP contribution in [-0.2, 0) is 0 Å². The normalized spacial score (nSPS) is 11.6. The SMILES string of the molecule is Cc1cc(F)c(F)cc1OC[B-](F)(F)F. The van der Waals surface area contributed by atoms with Crippen LogP contribution in [0.15, 0.2) is 12.1 Å². The summed E-state index contributed by atoms with van der Waals surface area (Å²) in [6.45, 7) is -5.23. The van der Waals surface area contributed by atoms with Gasteiger partial charge in [-0.25, -0.2) is 8.78 Å². The van der Waals surface area contributed by atoms with Crippen molar-refractivity contribution in [3.8, 4) is 5.75 Å². The number of rotatable bonds is 3. The van der Waals surface area contributed by atoms with Crippen LogP contribution in [0.25, 0.3) is 0 Å². The lowest BCUT2D eigenvalue weighted by molar-refractivity contribution is 0.309. The zero-order chi connectivity index (χ0) is 11.6. The Labute approximate surface area is 82.9 Å². The van der Waals surface area contributed by atoms with Gasteiger partial charge in [0.1, 0.15) is 5.75 Å². The molecule has 0 aliphatic heterocycles. The van der Waals surface area contributed by atoms with Crippen LogP contribution in [0.3, 0.4) is 0 Å². The molecule has 1 aromatic carbocycles. The van der Waals surface area contributed by atoms with Gasteiger partial charge in [-0.2, -0.15) is 0 Å². The van der Waals surface area contributed by atoms with E-state index in [-0.39, 0.29) is 11.3 Å². The van der Waals surface area contributed by atoms with Gasteiger partial charge in [0.15, 0.2) is 11.6 Å². The fourth-order valence-electron chi connectivity index (χ4n) is 0.968. The summed E-state index contributed by atoms with van der Waals surface area (Å²) in [5.74, 6) is -2.64. The van der Waals surface area contributed by atoms with Crippen molar-refractivity contribution in [2.75, 3.05) is 6.51 Å². The Hall–Kier alpha value is -1.27. The Morgan fingerprint density at radius 1 is 1.13 bits per heavy atom. The van der Waals surface area contributed by atoms with Gasteiger partial charge >= 0.3 is 6.98 Å². The Kier molecular flexibility index (Phi) is 3.21. The fraction of sp³-hybridized carbons (Fsp3) is 0.250. The lowest BCUT2D eigenvalue weighted by Gasteiger charge is -2.16. The molecule has 15 heavy (non-hydrogen) atoms. The lowest BCUT2D eigenvalue weighted by atomic mass is 9.95. The van der Waals surface area contributed by atoms with E-state index in [0.29, 0.717) is 6.07 Å². The van der Waals surface area contributed by atoms with Gasteiger partial charge in [-0.3, -0.25) is 0 Å². The molecular formula is C8H7BF5O-. The maximum absolute atomic E-state index is 12.6. The molecule has 0 bridgehead atoms. The minimum atomic E-state index is -5.10. The highest BCUT2D eigenvalue weighted by Gasteiger charge is 2.24. The Morgan fingerprint density at radius 2 is 1.67 bits per heavy atom. The van der Waals surface area contributed by atoms with E-state index in [2.05, 4.69) is 4.74 Å². The summed E-state index contributed by atoms with van der Waals surface area (Å²) in [5.41, 5.74) is 0.119. The third kappa shape index (κ3) is 3.41. The largest absolute Gasteiger partial charge is 0.521 e. The molecule has 84 valence electrons. The molecule has 0 saturated heterocycles. The predicted molar refractivity (Wildman–Crippen MR) is 45.7 cm³/mol. The highest BCUT2D eigenvalue weighted by molar-refractivity contribution is 6.58. The monoisotopic (exact) mass is 225 g/mol. The topological polar surface area (TPSA) is 9.23 Å². The van der Waals surface area contributed by atoms with E-state index in [1.54, 1.807) is 0 Å². The van der Waals surface area contributed by atoms with Crippen LogP contribution in [0, 0.1) is 18.6 Å². The Balaban J connectivity index is 2.82. The van der Waals surface area contributed by atoms with E-state index in [0.717, 1.165) is 6.07 Å². The number of ether oxygens (including phenoxy) is 1. The van der Waals surface area contributed by atoms with E-state index < -0.39 is 25.1 Å². The summed E-state index contributed by atoms with van der Waals surface area (Å²) in [7, 11) is 0. The van der Waals surface area contributed by atoms with Gasteiger partial charge in [-0.1, -0.05) is 0 Å². The molecule has 7 heteroatoms. The molecule has 1 nitrogen and oxygen atoms in total. The molecular weight excluding hydrogens is 218 g/mol. The van der Waals surface area contributed by atoms with Crippen molar-refractivity contribution < 1.29 is 26.5 Å². The van der Waals surface area contributed by atoms with Crippen molar-refractivity contribution in [3.05, 3.63) is 29.3 Å². The first-order valence-corrected chi connectivity index (χ1v) is 4.09. The van der Waals surface area contributed by atoms with Gasteiger partial charge in [0.2, 0.25) is 0 Å². The number of benzene rings is 1. The molecule has 0 amide bonds. The van der Waals surface area contributed by atoms with Crippen molar-refractivity contribution in [1.29, 1.82) is 0 Å². The second-order valence-electron chi connectivity index (χ2n) is 3.05. The minimum absolute atomic E-state index is 0.119. The van der Waals surface area contributed by atoms with Crippen LogP contribution in [0.1, 0.15) is 5.56 Å². The summed E-state index contributed by atoms with van der Waals surface area (Å²) in [5, 5.41) is 0. The maximum atomic E-state index is 12.6. The van der Waals surface area contributed by atoms with Gasteiger partial charge in [-0.15, -0.1) is 0 Å². The second-order valence-corrected chi connectivity index (χ2v) is 3.05. The first-order valence-electron chi connectivity index (χ1n) is 4.09. The maximum Gasteiger partial charge on any atom is 0.515 e. The van der Waals surface area contributed by atoms with E-state index in [4.69, 9.17) is 0 Å². The molecule has 0 fully saturated rings. The summed E-state index contributed by atoms with van der Waals surface area (Å²) < 4.78 is 65.0. The molecule has 1 aromatic rings. The zero-order valence-corrected chi connectivity index (χ0v) is 7.74. The van der Waals surface area contributed by atoms with Crippen molar-refractivity contribution in [2.24, 2.45) is 0 Å². The van der Waals surface area contributed by atoms with Gasteiger partial charge in [0.25, 0.3) is 0 Å². The van der Waals surface area contributed by atoms with Crippen molar-refractivity contribution in [1.82, 2.24) is 0 Å². The molecule has 0 aliphatic rings. The number of hydrogen-bond donors (Lipinski definition) is 0. The zero-order valence-electron chi connectivity index (χ0n) is 7.74. The van der Waals surface area contributed by atoms with Crippen molar-refractivity contribution in [3.63, 3.8) is 0 Å². The predicted octanol–water partition coefficient (Wildman–Crippen LogP) is 3.04. The second kappa shape index (κ2) is 4.08. The van der Waals surface area contributed by atoms with Gasteiger partial charge in [0.05, 0.1) is 6.51 Å². The van der Waals surface area contributed by atoms with E-state index in [1.807, 2.05) is 0 Å². The fourth-order valence-corrected chi connectivity index (χ4v) is 0.968. The highest BCUT2D eigenvalue weighted by Crippen LogP contribution is 2.22. The molecule has 0 spiro atoms. The third-order valence-corrected chi connectivity index (χ3v) is 1.65. The summed E-state index contributed by atoms with van der Waals surface area (Å²) >= 11 is 0. The minimum Gasteiger partial charge on any atom is -0.521 e. The van der Waals surface area contributed by atoms with Gasteiger partial charge < -0.3 is 17.7 Å². The summed E-state index contributed by atoms with van der Waals surface area (Å²) in [4.78, 5) is 0. The summed E-state index contributed by atoms with van der Waals surface area (Å²) in [6.07, 6.45) is 0. The van der Waals surface area contributed by atoms with E-state index in [1.165, 1.54) is 6.92 Å². The quantitative estimate of drug-likeness (QED) is 0.567. The summed E-state index contributed by atoms with van der Waals surface area (Å²) in [6, 6.07) is 1.39. The van der Waals surface area contributed by atoms with Crippen LogP contribution in [0.4, 0.5) is 21.7 Å². The van der Waals surface area contributed by atoms with Crippen LogP contribution < -0.4 is 4.74 Å². The number of hydrogen-bond acceptors (Lipinski definition) is 1. The highest BCUT2D eigenvalue weighted by atomic mass is 19.4. The molecule has 0 atom stereocenters. The van der Waals surface area contributed by atoms with E-state index >= 15 is 0 Å². The molecule has 0 radical (unpaired) electrons. The molecule has 0 aliphatic carbocycles. The first-order chi connectivity index (χ1) is 6.79. The van der Waals surface area contributed by atoms with Gasteiger partial charge in [-0.05, 0) is 18.6 Å². The Morgan fingerprint density at radius 3 is 2.20 bits per heavy atom. The molecule has 0 saturated carbocycles. The average Bonchev–Trinajstić information content (AvgIpc) is 2.07. The lowest BCUT2D eigenvalue weighted by Crippen LogP contribution is -2.26. The Bertz CT molecular complexity index is 363. The van der Waals surface area contributed by atoms with Crippen molar-refractivity contribution in [2.45, 2.75) is 6.92 Å². The smallest absolute Gasteiger partial charge is 0.515 e. The van der Waals surface area contributed by atoms with Crippen LogP contribution >= 0.6 is 0 Å². The average molecular weight is 225 g/mol. The van der Waals surface area contributed by atoms with Crippen LogP contribution in [0.5, 0.6) is 5.75 Å². The van der Waals surface area contributed by atoms with Gasteiger partial charge in [0, 0.05) is 6.07 Å². The molecule has 0 N–H and O–H groups in total. The molecule has 0 unspecified atom stereocenters. The standard InChI is InChI=1S/C8H7BF5O/c1-5-2-6(10)7(11)3-8(5)15-4-9(12,13)14/h2-3H,4H2,1H3/q-1. The van der Waals surface area contributed by atoms with Crippen LogP contribution in [-0.4, -0.2) is 13.5 Å². The number of aryl methyl sites for hydroxylation is 1. The van der Waals surface area contributed by atoms with E-state index in [9.17, 15) is 21.7 Å². The molecule has 1 rings (SSSR count). The molecule has 0 heterocycles. The number of halogens is 5.